The fourth-order valence-corrected chi connectivity index (χ4v) is 2.38. The maximum absolute atomic E-state index is 9.41. The summed E-state index contributed by atoms with van der Waals surface area (Å²) in [5.74, 6) is 0. The minimum Gasteiger partial charge on any atom is -0.393 e. The van der Waals surface area contributed by atoms with Crippen LogP contribution in [0.3, 0.4) is 0 Å². The average molecular weight is 240 g/mol. The number of aliphatic hydroxyl groups is 1. The van der Waals surface area contributed by atoms with Crippen molar-refractivity contribution in [3.63, 3.8) is 0 Å². The number of benzene rings is 1. The van der Waals surface area contributed by atoms with Crippen LogP contribution in [0.25, 0.3) is 0 Å². The molecule has 1 fully saturated rings. The second-order valence-corrected chi connectivity index (χ2v) is 4.88. The Morgan fingerprint density at radius 1 is 1.19 bits per heavy atom. The van der Waals surface area contributed by atoms with Gasteiger partial charge in [-0.05, 0) is 37.3 Å². The van der Waals surface area contributed by atoms with Crippen LogP contribution in [0.1, 0.15) is 31.2 Å². The first-order chi connectivity index (χ1) is 7.75. The third-order valence-corrected chi connectivity index (χ3v) is 3.60. The number of hydrogen-bond donors (Lipinski definition) is 2. The van der Waals surface area contributed by atoms with Crippen LogP contribution in [-0.2, 0) is 6.54 Å². The first-order valence-electron chi connectivity index (χ1n) is 5.90. The smallest absolute Gasteiger partial charge is 0.0541 e. The summed E-state index contributed by atoms with van der Waals surface area (Å²) in [7, 11) is 0. The van der Waals surface area contributed by atoms with Crippen LogP contribution in [0.2, 0.25) is 5.02 Å². The Morgan fingerprint density at radius 3 is 2.56 bits per heavy atom. The predicted molar refractivity (Wildman–Crippen MR) is 66.6 cm³/mol. The quantitative estimate of drug-likeness (QED) is 0.850. The molecule has 2 rings (SSSR count). The number of nitrogens with one attached hydrogen (secondary N) is 1. The maximum atomic E-state index is 9.41. The summed E-state index contributed by atoms with van der Waals surface area (Å²) >= 11 is 6.09. The summed E-state index contributed by atoms with van der Waals surface area (Å²) in [6.07, 6.45) is 3.87. The van der Waals surface area contributed by atoms with Gasteiger partial charge >= 0.3 is 0 Å². The lowest BCUT2D eigenvalue weighted by Gasteiger charge is -2.26. The second kappa shape index (κ2) is 5.67. The van der Waals surface area contributed by atoms with Crippen molar-refractivity contribution in [2.75, 3.05) is 0 Å². The van der Waals surface area contributed by atoms with Crippen molar-refractivity contribution < 1.29 is 5.11 Å². The van der Waals surface area contributed by atoms with Crippen LogP contribution in [0, 0.1) is 0 Å². The van der Waals surface area contributed by atoms with Crippen molar-refractivity contribution in [2.24, 2.45) is 0 Å². The van der Waals surface area contributed by atoms with Gasteiger partial charge in [-0.1, -0.05) is 29.8 Å². The lowest BCUT2D eigenvalue weighted by atomic mass is 9.93. The lowest BCUT2D eigenvalue weighted by Crippen LogP contribution is -2.34. The van der Waals surface area contributed by atoms with Gasteiger partial charge in [-0.15, -0.1) is 0 Å². The zero-order chi connectivity index (χ0) is 11.4. The summed E-state index contributed by atoms with van der Waals surface area (Å²) < 4.78 is 0. The normalized spacial score (nSPS) is 25.6. The summed E-state index contributed by atoms with van der Waals surface area (Å²) in [5, 5.41) is 13.7. The van der Waals surface area contributed by atoms with Crippen molar-refractivity contribution in [3.05, 3.63) is 34.9 Å². The van der Waals surface area contributed by atoms with Crippen LogP contribution in [-0.4, -0.2) is 17.3 Å². The third kappa shape index (κ3) is 3.21. The van der Waals surface area contributed by atoms with Gasteiger partial charge in [0, 0.05) is 17.6 Å². The molecule has 3 heteroatoms. The van der Waals surface area contributed by atoms with Crippen molar-refractivity contribution in [3.8, 4) is 0 Å². The van der Waals surface area contributed by atoms with Crippen molar-refractivity contribution >= 4 is 11.6 Å². The number of hydrogen-bond acceptors (Lipinski definition) is 2. The molecule has 0 aliphatic heterocycles. The first kappa shape index (κ1) is 11.9. The van der Waals surface area contributed by atoms with Gasteiger partial charge in [0.05, 0.1) is 6.10 Å². The Labute approximate surface area is 102 Å². The van der Waals surface area contributed by atoms with Crippen LogP contribution in [0.15, 0.2) is 24.3 Å². The Balaban J connectivity index is 1.81. The molecular formula is C13H18ClNO. The molecule has 0 saturated heterocycles. The van der Waals surface area contributed by atoms with E-state index in [-0.39, 0.29) is 6.10 Å². The van der Waals surface area contributed by atoms with Crippen LogP contribution < -0.4 is 5.32 Å². The molecule has 0 unspecified atom stereocenters. The van der Waals surface area contributed by atoms with E-state index in [4.69, 9.17) is 11.6 Å². The molecule has 0 aromatic heterocycles. The standard InChI is InChI=1S/C13H18ClNO/c14-13-4-2-1-3-10(13)9-15-11-5-7-12(16)8-6-11/h1-4,11-12,15-16H,5-9H2. The molecule has 2 nitrogen and oxygen atoms in total. The van der Waals surface area contributed by atoms with E-state index in [2.05, 4.69) is 5.32 Å². The van der Waals surface area contributed by atoms with Gasteiger partial charge in [-0.3, -0.25) is 0 Å². The molecule has 1 aromatic carbocycles. The van der Waals surface area contributed by atoms with Gasteiger partial charge in [-0.25, -0.2) is 0 Å². The molecule has 0 amide bonds. The lowest BCUT2D eigenvalue weighted by molar-refractivity contribution is 0.116. The maximum Gasteiger partial charge on any atom is 0.0541 e. The molecule has 0 bridgehead atoms. The largest absolute Gasteiger partial charge is 0.393 e. The van der Waals surface area contributed by atoms with Crippen molar-refractivity contribution in [1.29, 1.82) is 0 Å². The van der Waals surface area contributed by atoms with E-state index in [9.17, 15) is 5.11 Å². The molecule has 1 aliphatic rings. The highest BCUT2D eigenvalue weighted by Gasteiger charge is 2.18. The van der Waals surface area contributed by atoms with Gasteiger partial charge in [0.15, 0.2) is 0 Å². The minimum atomic E-state index is -0.0848. The predicted octanol–water partition coefficient (Wildman–Crippen LogP) is 2.73. The zero-order valence-corrected chi connectivity index (χ0v) is 10.1. The molecule has 88 valence electrons. The van der Waals surface area contributed by atoms with E-state index in [1.807, 2.05) is 24.3 Å². The molecule has 2 N–H and O–H groups in total. The van der Waals surface area contributed by atoms with E-state index in [0.717, 1.165) is 42.8 Å². The molecule has 1 saturated carbocycles. The summed E-state index contributed by atoms with van der Waals surface area (Å²) in [6.45, 7) is 0.820. The SMILES string of the molecule is OC1CCC(NCc2ccccc2Cl)CC1. The highest BCUT2D eigenvalue weighted by molar-refractivity contribution is 6.31. The Bertz CT molecular complexity index is 334. The molecule has 0 spiro atoms. The third-order valence-electron chi connectivity index (χ3n) is 3.24. The van der Waals surface area contributed by atoms with Gasteiger partial charge in [0.25, 0.3) is 0 Å². The van der Waals surface area contributed by atoms with Crippen LogP contribution in [0.5, 0.6) is 0 Å². The zero-order valence-electron chi connectivity index (χ0n) is 9.32. The molecule has 1 aromatic rings. The number of rotatable bonds is 3. The van der Waals surface area contributed by atoms with Crippen molar-refractivity contribution in [2.45, 2.75) is 44.4 Å². The van der Waals surface area contributed by atoms with Crippen molar-refractivity contribution in [1.82, 2.24) is 5.32 Å². The Kier molecular flexibility index (Phi) is 4.22. The summed E-state index contributed by atoms with van der Waals surface area (Å²) in [6, 6.07) is 8.45. The topological polar surface area (TPSA) is 32.3 Å². The molecule has 16 heavy (non-hydrogen) atoms. The fraction of sp³-hybridized carbons (Fsp3) is 0.538. The molecule has 0 atom stereocenters. The fourth-order valence-electron chi connectivity index (χ4n) is 2.18. The second-order valence-electron chi connectivity index (χ2n) is 4.48. The van der Waals surface area contributed by atoms with E-state index in [0.29, 0.717) is 6.04 Å². The minimum absolute atomic E-state index is 0.0848. The number of aliphatic hydroxyl groups excluding tert-OH is 1. The van der Waals surface area contributed by atoms with E-state index < -0.39 is 0 Å². The van der Waals surface area contributed by atoms with Gasteiger partial charge < -0.3 is 10.4 Å². The van der Waals surface area contributed by atoms with Crippen LogP contribution in [0.4, 0.5) is 0 Å². The highest BCUT2D eigenvalue weighted by atomic mass is 35.5. The number of halogens is 1. The summed E-state index contributed by atoms with van der Waals surface area (Å²) in [4.78, 5) is 0. The van der Waals surface area contributed by atoms with Gasteiger partial charge in [0.1, 0.15) is 0 Å². The van der Waals surface area contributed by atoms with E-state index in [1.165, 1.54) is 0 Å². The van der Waals surface area contributed by atoms with Crippen LogP contribution >= 0.6 is 11.6 Å². The Morgan fingerprint density at radius 2 is 1.88 bits per heavy atom. The highest BCUT2D eigenvalue weighted by Crippen LogP contribution is 2.20. The molecule has 1 aliphatic carbocycles. The monoisotopic (exact) mass is 239 g/mol. The summed E-state index contributed by atoms with van der Waals surface area (Å²) in [5.41, 5.74) is 1.15. The first-order valence-corrected chi connectivity index (χ1v) is 6.28. The van der Waals surface area contributed by atoms with Gasteiger partial charge in [-0.2, -0.15) is 0 Å². The molecule has 0 heterocycles. The average Bonchev–Trinajstić information content (AvgIpc) is 2.30. The molecular weight excluding hydrogens is 222 g/mol. The Hall–Kier alpha value is -0.570. The van der Waals surface area contributed by atoms with E-state index >= 15 is 0 Å². The van der Waals surface area contributed by atoms with Gasteiger partial charge in [0.2, 0.25) is 0 Å². The van der Waals surface area contributed by atoms with E-state index in [1.54, 1.807) is 0 Å². The molecule has 0 radical (unpaired) electrons.